The van der Waals surface area contributed by atoms with Crippen LogP contribution in [-0.4, -0.2) is 33.4 Å². The van der Waals surface area contributed by atoms with Gasteiger partial charge < -0.3 is 9.47 Å². The zero-order chi connectivity index (χ0) is 18.5. The number of halogens is 1. The number of aromatic nitrogens is 2. The number of aryl methyl sites for hydroxylation is 1. The van der Waals surface area contributed by atoms with Crippen LogP contribution in [0, 0.1) is 18.7 Å². The molecule has 0 unspecified atom stereocenters. The van der Waals surface area contributed by atoms with Gasteiger partial charge in [-0.05, 0) is 49.8 Å². The number of imidazole rings is 1. The van der Waals surface area contributed by atoms with Crippen LogP contribution in [0.4, 0.5) is 4.39 Å². The highest BCUT2D eigenvalue weighted by molar-refractivity contribution is 5.76. The minimum atomic E-state index is -0.208. The molecule has 1 aromatic heterocycles. The van der Waals surface area contributed by atoms with Crippen LogP contribution in [-0.2, 0) is 17.8 Å². The normalized spacial score (nSPS) is 15.4. The molecule has 1 saturated heterocycles. The van der Waals surface area contributed by atoms with E-state index in [1.54, 1.807) is 0 Å². The summed E-state index contributed by atoms with van der Waals surface area (Å²) in [6, 6.07) is 6.67. The molecule has 0 spiro atoms. The summed E-state index contributed by atoms with van der Waals surface area (Å²) in [7, 11) is 0. The van der Waals surface area contributed by atoms with Crippen molar-refractivity contribution in [1.29, 1.82) is 0 Å². The molecule has 3 rings (SSSR count). The second kappa shape index (κ2) is 8.47. The number of benzene rings is 1. The number of carbonyl (C=O) groups excluding carboxylic acids is 1. The van der Waals surface area contributed by atoms with Crippen LogP contribution < -0.4 is 0 Å². The molecular weight excluding hydrogens is 329 g/mol. The quantitative estimate of drug-likeness (QED) is 0.785. The first-order chi connectivity index (χ1) is 12.6. The topological polar surface area (TPSA) is 38.1 Å². The number of rotatable bonds is 6. The van der Waals surface area contributed by atoms with E-state index in [4.69, 9.17) is 0 Å². The maximum absolute atomic E-state index is 13.1. The fraction of sp³-hybridized carbons (Fsp3) is 0.524. The summed E-state index contributed by atoms with van der Waals surface area (Å²) in [5, 5.41) is 0. The fourth-order valence-electron chi connectivity index (χ4n) is 3.68. The van der Waals surface area contributed by atoms with Gasteiger partial charge in [0.2, 0.25) is 5.91 Å². The van der Waals surface area contributed by atoms with Crippen molar-refractivity contribution in [2.75, 3.05) is 13.1 Å². The van der Waals surface area contributed by atoms with Crippen molar-refractivity contribution in [2.45, 2.75) is 52.5 Å². The standard InChI is InChI=1S/C21H28FN3O/c1-3-4-21(26)24-11-9-17(10-12-24)13-20-23-14-16(2)25(20)15-18-5-7-19(22)8-6-18/h5-8,14,17H,3-4,9-13,15H2,1-2H3. The number of hydrogen-bond acceptors (Lipinski definition) is 2. The van der Waals surface area contributed by atoms with Gasteiger partial charge in [-0.15, -0.1) is 0 Å². The van der Waals surface area contributed by atoms with Crippen molar-refractivity contribution in [1.82, 2.24) is 14.5 Å². The zero-order valence-electron chi connectivity index (χ0n) is 15.7. The summed E-state index contributed by atoms with van der Waals surface area (Å²) >= 11 is 0. The van der Waals surface area contributed by atoms with Crippen LogP contribution in [0.3, 0.4) is 0 Å². The molecule has 0 radical (unpaired) electrons. The van der Waals surface area contributed by atoms with Crippen LogP contribution in [0.15, 0.2) is 30.5 Å². The van der Waals surface area contributed by atoms with E-state index in [1.807, 2.05) is 30.2 Å². The average molecular weight is 357 g/mol. The Morgan fingerprint density at radius 2 is 1.92 bits per heavy atom. The lowest BCUT2D eigenvalue weighted by Gasteiger charge is -2.32. The largest absolute Gasteiger partial charge is 0.343 e. The molecule has 1 aromatic carbocycles. The lowest BCUT2D eigenvalue weighted by atomic mass is 9.93. The van der Waals surface area contributed by atoms with Gasteiger partial charge in [0.05, 0.1) is 0 Å². The van der Waals surface area contributed by atoms with Crippen molar-refractivity contribution in [3.8, 4) is 0 Å². The van der Waals surface area contributed by atoms with Gasteiger partial charge in [0.1, 0.15) is 11.6 Å². The Balaban J connectivity index is 1.61. The Morgan fingerprint density at radius 3 is 2.58 bits per heavy atom. The van der Waals surface area contributed by atoms with Crippen molar-refractivity contribution >= 4 is 5.91 Å². The molecule has 26 heavy (non-hydrogen) atoms. The third-order valence-corrected chi connectivity index (χ3v) is 5.29. The van der Waals surface area contributed by atoms with E-state index in [9.17, 15) is 9.18 Å². The van der Waals surface area contributed by atoms with Crippen molar-refractivity contribution in [3.63, 3.8) is 0 Å². The molecule has 0 saturated carbocycles. The number of nitrogens with zero attached hydrogens (tertiary/aromatic N) is 3. The first-order valence-electron chi connectivity index (χ1n) is 9.60. The van der Waals surface area contributed by atoms with Crippen LogP contribution >= 0.6 is 0 Å². The Kier molecular flexibility index (Phi) is 6.07. The number of hydrogen-bond donors (Lipinski definition) is 0. The third-order valence-electron chi connectivity index (χ3n) is 5.29. The number of carbonyl (C=O) groups is 1. The minimum absolute atomic E-state index is 0.208. The molecule has 1 amide bonds. The number of piperidine rings is 1. The predicted octanol–water partition coefficient (Wildman–Crippen LogP) is 3.96. The molecule has 0 aliphatic carbocycles. The molecule has 1 aliphatic heterocycles. The molecule has 2 aromatic rings. The van der Waals surface area contributed by atoms with Crippen LogP contribution in [0.25, 0.3) is 0 Å². The molecule has 5 heteroatoms. The lowest BCUT2D eigenvalue weighted by molar-refractivity contribution is -0.132. The fourth-order valence-corrected chi connectivity index (χ4v) is 3.68. The van der Waals surface area contributed by atoms with Gasteiger partial charge in [-0.1, -0.05) is 19.1 Å². The second-order valence-corrected chi connectivity index (χ2v) is 7.31. The SMILES string of the molecule is CCCC(=O)N1CCC(Cc2ncc(C)n2Cc2ccc(F)cc2)CC1. The molecule has 140 valence electrons. The summed E-state index contributed by atoms with van der Waals surface area (Å²) < 4.78 is 15.3. The molecule has 1 aliphatic rings. The van der Waals surface area contributed by atoms with E-state index in [2.05, 4.69) is 16.5 Å². The second-order valence-electron chi connectivity index (χ2n) is 7.31. The molecule has 1 fully saturated rings. The highest BCUT2D eigenvalue weighted by Crippen LogP contribution is 2.23. The van der Waals surface area contributed by atoms with Crippen LogP contribution in [0.1, 0.15) is 49.7 Å². The van der Waals surface area contributed by atoms with Gasteiger partial charge in [-0.2, -0.15) is 0 Å². The van der Waals surface area contributed by atoms with Gasteiger partial charge in [0, 0.05) is 44.4 Å². The minimum Gasteiger partial charge on any atom is -0.343 e. The third kappa shape index (κ3) is 4.51. The van der Waals surface area contributed by atoms with Crippen LogP contribution in [0.2, 0.25) is 0 Å². The summed E-state index contributed by atoms with van der Waals surface area (Å²) in [5.74, 6) is 1.74. The average Bonchev–Trinajstić information content (AvgIpc) is 2.98. The van der Waals surface area contributed by atoms with E-state index >= 15 is 0 Å². The van der Waals surface area contributed by atoms with Gasteiger partial charge >= 0.3 is 0 Å². The monoisotopic (exact) mass is 357 g/mol. The van der Waals surface area contributed by atoms with E-state index in [1.165, 1.54) is 12.1 Å². The first-order valence-corrected chi connectivity index (χ1v) is 9.60. The number of amides is 1. The summed E-state index contributed by atoms with van der Waals surface area (Å²) in [6.07, 6.45) is 6.50. The molecule has 0 atom stereocenters. The smallest absolute Gasteiger partial charge is 0.222 e. The van der Waals surface area contributed by atoms with E-state index in [0.29, 0.717) is 18.2 Å². The predicted molar refractivity (Wildman–Crippen MR) is 100 cm³/mol. The maximum Gasteiger partial charge on any atom is 0.222 e. The first kappa shape index (κ1) is 18.6. The van der Waals surface area contributed by atoms with Crippen LogP contribution in [0.5, 0.6) is 0 Å². The number of likely N-dealkylation sites (tertiary alicyclic amines) is 1. The maximum atomic E-state index is 13.1. The van der Waals surface area contributed by atoms with Gasteiger partial charge in [-0.3, -0.25) is 4.79 Å². The van der Waals surface area contributed by atoms with Gasteiger partial charge in [-0.25, -0.2) is 9.37 Å². The van der Waals surface area contributed by atoms with E-state index < -0.39 is 0 Å². The highest BCUT2D eigenvalue weighted by atomic mass is 19.1. The molecule has 0 N–H and O–H groups in total. The van der Waals surface area contributed by atoms with E-state index in [-0.39, 0.29) is 5.82 Å². The van der Waals surface area contributed by atoms with Crippen molar-refractivity contribution in [2.24, 2.45) is 5.92 Å². The highest BCUT2D eigenvalue weighted by Gasteiger charge is 2.23. The van der Waals surface area contributed by atoms with Gasteiger partial charge in [0.15, 0.2) is 0 Å². The van der Waals surface area contributed by atoms with Crippen molar-refractivity contribution in [3.05, 3.63) is 53.4 Å². The summed E-state index contributed by atoms with van der Waals surface area (Å²) in [4.78, 5) is 18.7. The Hall–Kier alpha value is -2.17. The van der Waals surface area contributed by atoms with Crippen molar-refractivity contribution < 1.29 is 9.18 Å². The lowest BCUT2D eigenvalue weighted by Crippen LogP contribution is -2.38. The molecule has 0 bridgehead atoms. The zero-order valence-corrected chi connectivity index (χ0v) is 15.7. The summed E-state index contributed by atoms with van der Waals surface area (Å²) in [5.41, 5.74) is 2.20. The molecular formula is C21H28FN3O. The summed E-state index contributed by atoms with van der Waals surface area (Å²) in [6.45, 7) is 6.55. The van der Waals surface area contributed by atoms with Gasteiger partial charge in [0.25, 0.3) is 0 Å². The molecule has 2 heterocycles. The Labute approximate surface area is 155 Å². The van der Waals surface area contributed by atoms with E-state index in [0.717, 1.165) is 62.4 Å². The Bertz CT molecular complexity index is 730. The molecule has 4 nitrogen and oxygen atoms in total. The Morgan fingerprint density at radius 1 is 1.23 bits per heavy atom.